The fraction of sp³-hybridized carbons (Fsp3) is 0.125. The Hall–Kier alpha value is -1.77. The van der Waals surface area contributed by atoms with Crippen LogP contribution in [0.3, 0.4) is 0 Å². The number of fused-ring (bicyclic) bond motifs is 1. The molecule has 0 bridgehead atoms. The number of aromatic amines is 1. The molecule has 0 saturated heterocycles. The lowest BCUT2D eigenvalue weighted by Gasteiger charge is -2.01. The second-order valence-electron chi connectivity index (χ2n) is 4.56. The van der Waals surface area contributed by atoms with Crippen molar-refractivity contribution in [2.45, 2.75) is 13.0 Å². The topological polar surface area (TPSA) is 41.8 Å². The number of rotatable bonds is 3. The number of nitrogens with one attached hydrogen (secondary N) is 1. The highest BCUT2D eigenvalue weighted by molar-refractivity contribution is 5.85. The number of hydrogen-bond acceptors (Lipinski definition) is 1. The molecule has 3 aromatic rings. The minimum absolute atomic E-state index is 0. The van der Waals surface area contributed by atoms with Crippen molar-refractivity contribution in [1.82, 2.24) is 4.98 Å². The number of H-pyrrole nitrogens is 1. The number of nitrogens with two attached hydrogens (primary N) is 1. The molecule has 0 unspecified atom stereocenters. The summed E-state index contributed by atoms with van der Waals surface area (Å²) in [7, 11) is 0. The maximum atomic E-state index is 5.70. The van der Waals surface area contributed by atoms with Gasteiger partial charge in [-0.25, -0.2) is 0 Å². The molecule has 0 aliphatic rings. The first-order chi connectivity index (χ1) is 8.86. The van der Waals surface area contributed by atoms with Crippen LogP contribution in [0.25, 0.3) is 10.9 Å². The van der Waals surface area contributed by atoms with Crippen molar-refractivity contribution in [1.29, 1.82) is 0 Å². The van der Waals surface area contributed by atoms with Crippen LogP contribution in [0.5, 0.6) is 0 Å². The highest BCUT2D eigenvalue weighted by Crippen LogP contribution is 2.22. The monoisotopic (exact) mass is 272 g/mol. The molecule has 1 heterocycles. The molecule has 1 aromatic heterocycles. The summed E-state index contributed by atoms with van der Waals surface area (Å²) in [6.45, 7) is 0.589. The second kappa shape index (κ2) is 5.91. The maximum absolute atomic E-state index is 5.70. The third-order valence-electron chi connectivity index (χ3n) is 3.30. The molecule has 0 atom stereocenters. The molecule has 0 amide bonds. The van der Waals surface area contributed by atoms with Crippen molar-refractivity contribution in [3.8, 4) is 0 Å². The van der Waals surface area contributed by atoms with E-state index in [4.69, 9.17) is 5.73 Å². The summed E-state index contributed by atoms with van der Waals surface area (Å²) in [6.07, 6.45) is 3.05. The number of halogens is 1. The molecule has 3 heteroatoms. The lowest BCUT2D eigenvalue weighted by molar-refractivity contribution is 1.07. The molecular weight excluding hydrogens is 256 g/mol. The average molecular weight is 273 g/mol. The van der Waals surface area contributed by atoms with Crippen molar-refractivity contribution in [3.05, 3.63) is 71.4 Å². The first kappa shape index (κ1) is 13.7. The third-order valence-corrected chi connectivity index (χ3v) is 3.30. The van der Waals surface area contributed by atoms with Gasteiger partial charge in [0.25, 0.3) is 0 Å². The van der Waals surface area contributed by atoms with Crippen molar-refractivity contribution in [2.75, 3.05) is 0 Å². The zero-order chi connectivity index (χ0) is 12.4. The summed E-state index contributed by atoms with van der Waals surface area (Å²) >= 11 is 0. The van der Waals surface area contributed by atoms with E-state index in [0.29, 0.717) is 6.54 Å². The Kier molecular flexibility index (Phi) is 4.25. The van der Waals surface area contributed by atoms with Crippen LogP contribution in [0, 0.1) is 0 Å². The predicted octanol–water partition coefficient (Wildman–Crippen LogP) is 3.64. The molecular formula is C16H17ClN2. The first-order valence-corrected chi connectivity index (χ1v) is 6.19. The average Bonchev–Trinajstić information content (AvgIpc) is 2.82. The molecule has 3 N–H and O–H groups in total. The van der Waals surface area contributed by atoms with Gasteiger partial charge in [0.15, 0.2) is 0 Å². The Morgan fingerprint density at radius 3 is 2.47 bits per heavy atom. The summed E-state index contributed by atoms with van der Waals surface area (Å²) in [5, 5.41) is 1.28. The molecule has 98 valence electrons. The molecule has 19 heavy (non-hydrogen) atoms. The van der Waals surface area contributed by atoms with E-state index in [9.17, 15) is 0 Å². The Bertz CT molecular complexity index is 659. The quantitative estimate of drug-likeness (QED) is 0.751. The molecule has 0 fully saturated rings. The van der Waals surface area contributed by atoms with E-state index in [-0.39, 0.29) is 12.4 Å². The fourth-order valence-electron chi connectivity index (χ4n) is 2.31. The number of benzene rings is 2. The van der Waals surface area contributed by atoms with Crippen LogP contribution in [-0.4, -0.2) is 4.98 Å². The molecule has 2 aromatic carbocycles. The standard InChI is InChI=1S/C16H16N2.ClH/c17-10-13-6-7-16-15(9-13)14(11-18-16)8-12-4-2-1-3-5-12;/h1-7,9,11,18H,8,10,17H2;1H. The van der Waals surface area contributed by atoms with E-state index in [0.717, 1.165) is 6.42 Å². The lowest BCUT2D eigenvalue weighted by atomic mass is 10.0. The first-order valence-electron chi connectivity index (χ1n) is 6.19. The highest BCUT2D eigenvalue weighted by Gasteiger charge is 2.05. The van der Waals surface area contributed by atoms with E-state index in [1.807, 2.05) is 6.07 Å². The fourth-order valence-corrected chi connectivity index (χ4v) is 2.31. The van der Waals surface area contributed by atoms with Crippen LogP contribution in [0.2, 0.25) is 0 Å². The summed E-state index contributed by atoms with van der Waals surface area (Å²) in [6, 6.07) is 16.9. The van der Waals surface area contributed by atoms with Gasteiger partial charge in [0, 0.05) is 23.6 Å². The summed E-state index contributed by atoms with van der Waals surface area (Å²) < 4.78 is 0. The molecule has 3 rings (SSSR count). The summed E-state index contributed by atoms with van der Waals surface area (Å²) in [5.41, 5.74) is 10.7. The van der Waals surface area contributed by atoms with Gasteiger partial charge in [0.05, 0.1) is 0 Å². The van der Waals surface area contributed by atoms with Crippen LogP contribution in [0.1, 0.15) is 16.7 Å². The van der Waals surface area contributed by atoms with Crippen molar-refractivity contribution in [2.24, 2.45) is 5.73 Å². The smallest absolute Gasteiger partial charge is 0.0457 e. The van der Waals surface area contributed by atoms with Crippen LogP contribution >= 0.6 is 12.4 Å². The normalized spacial score (nSPS) is 10.4. The van der Waals surface area contributed by atoms with E-state index in [1.165, 1.54) is 27.6 Å². The molecule has 0 radical (unpaired) electrons. The minimum Gasteiger partial charge on any atom is -0.361 e. The van der Waals surface area contributed by atoms with Gasteiger partial charge < -0.3 is 10.7 Å². The Labute approximate surface area is 119 Å². The van der Waals surface area contributed by atoms with Gasteiger partial charge in [-0.15, -0.1) is 12.4 Å². The molecule has 2 nitrogen and oxygen atoms in total. The van der Waals surface area contributed by atoms with Gasteiger partial charge in [-0.3, -0.25) is 0 Å². The van der Waals surface area contributed by atoms with Gasteiger partial charge in [-0.2, -0.15) is 0 Å². The summed E-state index contributed by atoms with van der Waals surface area (Å²) in [4.78, 5) is 3.32. The van der Waals surface area contributed by atoms with Crippen LogP contribution in [-0.2, 0) is 13.0 Å². The highest BCUT2D eigenvalue weighted by atomic mass is 35.5. The van der Waals surface area contributed by atoms with E-state index in [2.05, 4.69) is 53.6 Å². The minimum atomic E-state index is 0. The van der Waals surface area contributed by atoms with E-state index < -0.39 is 0 Å². The van der Waals surface area contributed by atoms with Gasteiger partial charge in [0.2, 0.25) is 0 Å². The molecule has 0 aliphatic heterocycles. The number of hydrogen-bond donors (Lipinski definition) is 2. The largest absolute Gasteiger partial charge is 0.361 e. The third kappa shape index (κ3) is 2.80. The zero-order valence-electron chi connectivity index (χ0n) is 10.6. The Balaban J connectivity index is 0.00000133. The van der Waals surface area contributed by atoms with E-state index >= 15 is 0 Å². The summed E-state index contributed by atoms with van der Waals surface area (Å²) in [5.74, 6) is 0. The van der Waals surface area contributed by atoms with Crippen molar-refractivity contribution >= 4 is 23.3 Å². The van der Waals surface area contributed by atoms with Crippen LogP contribution in [0.15, 0.2) is 54.7 Å². The molecule has 0 aliphatic carbocycles. The van der Waals surface area contributed by atoms with E-state index in [1.54, 1.807) is 0 Å². The van der Waals surface area contributed by atoms with Gasteiger partial charge in [0.1, 0.15) is 0 Å². The predicted molar refractivity (Wildman–Crippen MR) is 82.7 cm³/mol. The number of aromatic nitrogens is 1. The van der Waals surface area contributed by atoms with Crippen LogP contribution < -0.4 is 5.73 Å². The van der Waals surface area contributed by atoms with Crippen molar-refractivity contribution < 1.29 is 0 Å². The SMILES string of the molecule is Cl.NCc1ccc2[nH]cc(Cc3ccccc3)c2c1. The van der Waals surface area contributed by atoms with Crippen molar-refractivity contribution in [3.63, 3.8) is 0 Å². The van der Waals surface area contributed by atoms with Crippen LogP contribution in [0.4, 0.5) is 0 Å². The second-order valence-corrected chi connectivity index (χ2v) is 4.56. The van der Waals surface area contributed by atoms with Gasteiger partial charge >= 0.3 is 0 Å². The Morgan fingerprint density at radius 2 is 1.74 bits per heavy atom. The zero-order valence-corrected chi connectivity index (χ0v) is 11.4. The lowest BCUT2D eigenvalue weighted by Crippen LogP contribution is -1.95. The molecule has 0 spiro atoms. The molecule has 0 saturated carbocycles. The maximum Gasteiger partial charge on any atom is 0.0457 e. The van der Waals surface area contributed by atoms with Gasteiger partial charge in [-0.05, 0) is 35.2 Å². The van der Waals surface area contributed by atoms with Gasteiger partial charge in [-0.1, -0.05) is 36.4 Å². The Morgan fingerprint density at radius 1 is 0.947 bits per heavy atom.